The van der Waals surface area contributed by atoms with E-state index < -0.39 is 6.10 Å². The number of carbonyl (C=O) groups is 1. The van der Waals surface area contributed by atoms with Crippen molar-refractivity contribution in [1.29, 1.82) is 0 Å². The number of nitrogens with one attached hydrogen (secondary N) is 1. The molecule has 19 heavy (non-hydrogen) atoms. The van der Waals surface area contributed by atoms with E-state index in [2.05, 4.69) is 5.32 Å². The topological polar surface area (TPSA) is 93.8 Å². The molecule has 0 spiro atoms. The van der Waals surface area contributed by atoms with Gasteiger partial charge in [-0.05, 0) is 18.2 Å². The third-order valence-corrected chi connectivity index (χ3v) is 2.47. The lowest BCUT2D eigenvalue weighted by Gasteiger charge is -2.16. The van der Waals surface area contributed by atoms with Crippen molar-refractivity contribution in [2.24, 2.45) is 5.73 Å². The molecule has 0 aromatic heterocycles. The number of aliphatic hydroxyl groups is 1. The van der Waals surface area contributed by atoms with Crippen LogP contribution in [0.25, 0.3) is 0 Å². The van der Waals surface area contributed by atoms with Crippen LogP contribution in [0.1, 0.15) is 11.7 Å². The van der Waals surface area contributed by atoms with Gasteiger partial charge in [0, 0.05) is 12.1 Å². The monoisotopic (exact) mass is 290 g/mol. The van der Waals surface area contributed by atoms with Crippen molar-refractivity contribution in [2.45, 2.75) is 6.10 Å². The summed E-state index contributed by atoms with van der Waals surface area (Å²) in [4.78, 5) is 11.0. The number of rotatable bonds is 6. The van der Waals surface area contributed by atoms with Crippen LogP contribution >= 0.6 is 12.4 Å². The number of benzene rings is 1. The van der Waals surface area contributed by atoms with Crippen LogP contribution in [0.2, 0.25) is 0 Å². The van der Waals surface area contributed by atoms with E-state index in [0.717, 1.165) is 0 Å². The van der Waals surface area contributed by atoms with Gasteiger partial charge in [0.1, 0.15) is 11.5 Å². The van der Waals surface area contributed by atoms with Gasteiger partial charge < -0.3 is 25.6 Å². The van der Waals surface area contributed by atoms with Gasteiger partial charge in [-0.15, -0.1) is 12.4 Å². The quantitative estimate of drug-likeness (QED) is 0.697. The summed E-state index contributed by atoms with van der Waals surface area (Å²) >= 11 is 0. The molecule has 1 atom stereocenters. The summed E-state index contributed by atoms with van der Waals surface area (Å²) in [5, 5.41) is 12.5. The van der Waals surface area contributed by atoms with Gasteiger partial charge in [0.05, 0.1) is 26.9 Å². The molecular weight excluding hydrogens is 272 g/mol. The maximum absolute atomic E-state index is 11.0. The second-order valence-electron chi connectivity index (χ2n) is 3.63. The van der Waals surface area contributed by atoms with Crippen LogP contribution in [0.5, 0.6) is 11.5 Å². The average molecular weight is 291 g/mol. The SMILES string of the molecule is COc1ccc(OC)c([C@@H](O)CNC(=O)CN)c1.Cl. The lowest BCUT2D eigenvalue weighted by atomic mass is 10.1. The lowest BCUT2D eigenvalue weighted by molar-refractivity contribution is -0.120. The maximum Gasteiger partial charge on any atom is 0.233 e. The number of carbonyl (C=O) groups excluding carboxylic acids is 1. The predicted octanol–water partition coefficient (Wildman–Crippen LogP) is 0.234. The summed E-state index contributed by atoms with van der Waals surface area (Å²) in [6.45, 7) is -0.0402. The first-order valence-corrected chi connectivity index (χ1v) is 5.49. The highest BCUT2D eigenvalue weighted by atomic mass is 35.5. The molecule has 0 saturated heterocycles. The minimum absolute atomic E-state index is 0. The van der Waals surface area contributed by atoms with E-state index >= 15 is 0 Å². The fraction of sp³-hybridized carbons (Fsp3) is 0.417. The molecule has 0 aliphatic heterocycles. The normalized spacial score (nSPS) is 11.2. The highest BCUT2D eigenvalue weighted by molar-refractivity contribution is 5.85. The summed E-state index contributed by atoms with van der Waals surface area (Å²) in [7, 11) is 3.05. The molecule has 108 valence electrons. The molecule has 0 saturated carbocycles. The Hall–Kier alpha value is -1.50. The molecule has 1 rings (SSSR count). The first kappa shape index (κ1) is 17.5. The minimum atomic E-state index is -0.884. The van der Waals surface area contributed by atoms with Gasteiger partial charge in [-0.3, -0.25) is 4.79 Å². The fourth-order valence-electron chi connectivity index (χ4n) is 1.49. The molecular formula is C12H19ClN2O4. The highest BCUT2D eigenvalue weighted by Gasteiger charge is 2.15. The smallest absolute Gasteiger partial charge is 0.233 e. The van der Waals surface area contributed by atoms with Crippen LogP contribution < -0.4 is 20.5 Å². The number of hydrogen-bond donors (Lipinski definition) is 3. The standard InChI is InChI=1S/C12H18N2O4.ClH/c1-17-8-3-4-11(18-2)9(5-8)10(15)7-14-12(16)6-13;/h3-5,10,15H,6-7,13H2,1-2H3,(H,14,16);1H/t10-;/m0./s1. The molecule has 0 unspecified atom stereocenters. The molecule has 1 aromatic carbocycles. The van der Waals surface area contributed by atoms with Gasteiger partial charge in [-0.2, -0.15) is 0 Å². The van der Waals surface area contributed by atoms with Crippen molar-refractivity contribution in [2.75, 3.05) is 27.3 Å². The van der Waals surface area contributed by atoms with Crippen LogP contribution in [0.4, 0.5) is 0 Å². The molecule has 0 bridgehead atoms. The fourth-order valence-corrected chi connectivity index (χ4v) is 1.49. The predicted molar refractivity (Wildman–Crippen MR) is 73.8 cm³/mol. The van der Waals surface area contributed by atoms with Crippen LogP contribution in [-0.4, -0.2) is 38.3 Å². The molecule has 4 N–H and O–H groups in total. The molecule has 1 amide bonds. The summed E-state index contributed by atoms with van der Waals surface area (Å²) < 4.78 is 10.2. The molecule has 7 heteroatoms. The van der Waals surface area contributed by atoms with E-state index in [-0.39, 0.29) is 31.4 Å². The van der Waals surface area contributed by atoms with Gasteiger partial charge >= 0.3 is 0 Å². The Bertz CT molecular complexity index is 415. The Balaban J connectivity index is 0.00000324. The second-order valence-corrected chi connectivity index (χ2v) is 3.63. The van der Waals surface area contributed by atoms with E-state index in [0.29, 0.717) is 17.1 Å². The Morgan fingerprint density at radius 2 is 2.11 bits per heavy atom. The Morgan fingerprint density at radius 3 is 2.63 bits per heavy atom. The molecule has 0 fully saturated rings. The van der Waals surface area contributed by atoms with E-state index in [1.807, 2.05) is 0 Å². The molecule has 0 aliphatic carbocycles. The van der Waals surface area contributed by atoms with E-state index in [1.54, 1.807) is 18.2 Å². The third-order valence-electron chi connectivity index (χ3n) is 2.47. The molecule has 0 heterocycles. The number of amides is 1. The number of halogens is 1. The van der Waals surface area contributed by atoms with Crippen molar-refractivity contribution < 1.29 is 19.4 Å². The summed E-state index contributed by atoms with van der Waals surface area (Å²) in [5.74, 6) is 0.816. The highest BCUT2D eigenvalue weighted by Crippen LogP contribution is 2.28. The van der Waals surface area contributed by atoms with Crippen molar-refractivity contribution in [3.05, 3.63) is 23.8 Å². The van der Waals surface area contributed by atoms with Crippen molar-refractivity contribution in [3.8, 4) is 11.5 Å². The van der Waals surface area contributed by atoms with Crippen molar-refractivity contribution >= 4 is 18.3 Å². The number of nitrogens with two attached hydrogens (primary N) is 1. The molecule has 0 aliphatic rings. The first-order chi connectivity index (χ1) is 8.62. The second kappa shape index (κ2) is 8.58. The number of methoxy groups -OCH3 is 2. The largest absolute Gasteiger partial charge is 0.497 e. The van der Waals surface area contributed by atoms with Gasteiger partial charge in [0.2, 0.25) is 5.91 Å². The third kappa shape index (κ3) is 4.94. The van der Waals surface area contributed by atoms with Gasteiger partial charge in [0.15, 0.2) is 0 Å². The summed E-state index contributed by atoms with van der Waals surface area (Å²) in [5.41, 5.74) is 5.71. The van der Waals surface area contributed by atoms with Crippen LogP contribution in [-0.2, 0) is 4.79 Å². The van der Waals surface area contributed by atoms with E-state index in [4.69, 9.17) is 15.2 Å². The zero-order chi connectivity index (χ0) is 13.5. The van der Waals surface area contributed by atoms with Gasteiger partial charge in [-0.1, -0.05) is 0 Å². The van der Waals surface area contributed by atoms with Crippen LogP contribution in [0.15, 0.2) is 18.2 Å². The van der Waals surface area contributed by atoms with Gasteiger partial charge in [0.25, 0.3) is 0 Å². The summed E-state index contributed by atoms with van der Waals surface area (Å²) in [6.07, 6.45) is -0.884. The Morgan fingerprint density at radius 1 is 1.42 bits per heavy atom. The average Bonchev–Trinajstić information content (AvgIpc) is 2.43. The molecule has 0 radical (unpaired) electrons. The lowest BCUT2D eigenvalue weighted by Crippen LogP contribution is -2.33. The maximum atomic E-state index is 11.0. The number of hydrogen-bond acceptors (Lipinski definition) is 5. The Kier molecular flexibility index (Phi) is 7.90. The van der Waals surface area contributed by atoms with Crippen LogP contribution in [0.3, 0.4) is 0 Å². The van der Waals surface area contributed by atoms with Crippen LogP contribution in [0, 0.1) is 0 Å². The van der Waals surface area contributed by atoms with Crippen molar-refractivity contribution in [1.82, 2.24) is 5.32 Å². The Labute approximate surface area is 118 Å². The van der Waals surface area contributed by atoms with E-state index in [9.17, 15) is 9.90 Å². The number of ether oxygens (including phenoxy) is 2. The number of aliphatic hydroxyl groups excluding tert-OH is 1. The zero-order valence-electron chi connectivity index (χ0n) is 10.9. The van der Waals surface area contributed by atoms with E-state index in [1.165, 1.54) is 14.2 Å². The van der Waals surface area contributed by atoms with Gasteiger partial charge in [-0.25, -0.2) is 0 Å². The molecule has 1 aromatic rings. The first-order valence-electron chi connectivity index (χ1n) is 5.49. The zero-order valence-corrected chi connectivity index (χ0v) is 11.7. The molecule has 6 nitrogen and oxygen atoms in total. The minimum Gasteiger partial charge on any atom is -0.497 e. The van der Waals surface area contributed by atoms with Crippen molar-refractivity contribution in [3.63, 3.8) is 0 Å². The summed E-state index contributed by atoms with van der Waals surface area (Å²) in [6, 6.07) is 5.09.